The van der Waals surface area contributed by atoms with Crippen LogP contribution in [0.15, 0.2) is 67.9 Å². The molecule has 12 heteroatoms. The SMILES string of the molecule is C=CC(=O)N1CCCN(c2ccc3ncnc(Nc4ccc(Oc5ccn6ncnc6c5)c(C)c4F)c3n2)CC1. The van der Waals surface area contributed by atoms with Gasteiger partial charge in [0.25, 0.3) is 0 Å². The van der Waals surface area contributed by atoms with Crippen molar-refractivity contribution in [2.75, 3.05) is 36.4 Å². The number of halogens is 1. The van der Waals surface area contributed by atoms with Gasteiger partial charge in [-0.1, -0.05) is 6.58 Å². The van der Waals surface area contributed by atoms with Crippen molar-refractivity contribution < 1.29 is 13.9 Å². The molecule has 6 rings (SSSR count). The summed E-state index contributed by atoms with van der Waals surface area (Å²) in [4.78, 5) is 33.6. The highest BCUT2D eigenvalue weighted by Gasteiger charge is 2.20. The van der Waals surface area contributed by atoms with E-state index in [9.17, 15) is 4.79 Å². The molecule has 1 aliphatic heterocycles. The van der Waals surface area contributed by atoms with Crippen LogP contribution >= 0.6 is 0 Å². The molecule has 0 radical (unpaired) electrons. The van der Waals surface area contributed by atoms with Gasteiger partial charge in [0.05, 0.1) is 11.2 Å². The number of nitrogens with zero attached hydrogens (tertiary/aromatic N) is 8. The molecule has 0 unspecified atom stereocenters. The first-order valence-corrected chi connectivity index (χ1v) is 12.8. The standard InChI is InChI=1S/C28H26FN9O2/c1-3-25(39)37-11-4-10-36(13-14-37)23-8-6-21-27(35-23)28(32-16-30-21)34-20-5-7-22(18(2)26(20)29)40-19-9-12-38-24(15-19)31-17-33-38/h3,5-9,12,15-17H,1,4,10-11,13-14H2,2H3,(H,30,32,34). The van der Waals surface area contributed by atoms with Crippen LogP contribution in [0.1, 0.15) is 12.0 Å². The number of nitrogens with one attached hydrogen (secondary N) is 1. The molecule has 0 bridgehead atoms. The van der Waals surface area contributed by atoms with E-state index in [4.69, 9.17) is 9.72 Å². The molecule has 4 aromatic heterocycles. The lowest BCUT2D eigenvalue weighted by Crippen LogP contribution is -2.34. The number of pyridine rings is 2. The fourth-order valence-corrected chi connectivity index (χ4v) is 4.68. The Labute approximate surface area is 229 Å². The second-order valence-electron chi connectivity index (χ2n) is 9.33. The lowest BCUT2D eigenvalue weighted by atomic mass is 10.1. The van der Waals surface area contributed by atoms with Crippen LogP contribution in [0, 0.1) is 12.7 Å². The number of carbonyl (C=O) groups excluding carboxylic acids is 1. The minimum Gasteiger partial charge on any atom is -0.457 e. The van der Waals surface area contributed by atoms with Crippen LogP contribution in [-0.4, -0.2) is 66.5 Å². The predicted octanol–water partition coefficient (Wildman–Crippen LogP) is 4.28. The fourth-order valence-electron chi connectivity index (χ4n) is 4.68. The minimum atomic E-state index is -0.469. The molecular formula is C28H26FN9O2. The number of amides is 1. The lowest BCUT2D eigenvalue weighted by molar-refractivity contribution is -0.125. The Kier molecular flexibility index (Phi) is 6.64. The average Bonchev–Trinajstić information content (AvgIpc) is 3.31. The maximum atomic E-state index is 15.5. The maximum Gasteiger partial charge on any atom is 0.246 e. The Bertz CT molecular complexity index is 1740. The quantitative estimate of drug-likeness (QED) is 0.316. The van der Waals surface area contributed by atoms with Crippen molar-refractivity contribution in [3.8, 4) is 11.5 Å². The Balaban J connectivity index is 1.25. The summed E-state index contributed by atoms with van der Waals surface area (Å²) in [5.74, 6) is 1.48. The molecule has 5 aromatic rings. The first-order chi connectivity index (χ1) is 19.5. The number of aromatic nitrogens is 6. The molecule has 0 aliphatic carbocycles. The van der Waals surface area contributed by atoms with E-state index in [1.165, 1.54) is 18.7 Å². The highest BCUT2D eigenvalue weighted by molar-refractivity contribution is 5.88. The van der Waals surface area contributed by atoms with Crippen molar-refractivity contribution in [3.63, 3.8) is 0 Å². The van der Waals surface area contributed by atoms with Gasteiger partial charge >= 0.3 is 0 Å². The molecule has 202 valence electrons. The first-order valence-electron chi connectivity index (χ1n) is 12.8. The normalized spacial score (nSPS) is 13.8. The van der Waals surface area contributed by atoms with Crippen LogP contribution in [0.5, 0.6) is 11.5 Å². The zero-order valence-electron chi connectivity index (χ0n) is 21.8. The number of hydrogen-bond acceptors (Lipinski definition) is 9. The van der Waals surface area contributed by atoms with Crippen LogP contribution < -0.4 is 15.0 Å². The van der Waals surface area contributed by atoms with Crippen molar-refractivity contribution >= 4 is 39.9 Å². The Morgan fingerprint density at radius 2 is 1.98 bits per heavy atom. The number of carbonyl (C=O) groups is 1. The molecule has 0 spiro atoms. The van der Waals surface area contributed by atoms with E-state index in [0.29, 0.717) is 59.2 Å². The zero-order valence-corrected chi connectivity index (χ0v) is 21.8. The lowest BCUT2D eigenvalue weighted by Gasteiger charge is -2.22. The van der Waals surface area contributed by atoms with E-state index in [1.807, 2.05) is 12.1 Å². The van der Waals surface area contributed by atoms with E-state index < -0.39 is 5.82 Å². The summed E-state index contributed by atoms with van der Waals surface area (Å²) >= 11 is 0. The predicted molar refractivity (Wildman–Crippen MR) is 148 cm³/mol. The van der Waals surface area contributed by atoms with E-state index in [0.717, 1.165) is 18.8 Å². The summed E-state index contributed by atoms with van der Waals surface area (Å²) in [6, 6.07) is 10.5. The van der Waals surface area contributed by atoms with Gasteiger partial charge in [-0.2, -0.15) is 5.10 Å². The molecule has 1 amide bonds. The molecule has 1 fully saturated rings. The summed E-state index contributed by atoms with van der Waals surface area (Å²) in [5, 5.41) is 7.16. The highest BCUT2D eigenvalue weighted by Crippen LogP contribution is 2.33. The Morgan fingerprint density at radius 1 is 1.07 bits per heavy atom. The third-order valence-corrected chi connectivity index (χ3v) is 6.84. The van der Waals surface area contributed by atoms with E-state index in [-0.39, 0.29) is 11.6 Å². The summed E-state index contributed by atoms with van der Waals surface area (Å²) in [7, 11) is 0. The molecule has 5 heterocycles. The fraction of sp³-hybridized carbons (Fsp3) is 0.214. The van der Waals surface area contributed by atoms with E-state index in [2.05, 4.69) is 36.8 Å². The molecular weight excluding hydrogens is 513 g/mol. The van der Waals surface area contributed by atoms with Gasteiger partial charge in [-0.25, -0.2) is 28.8 Å². The number of ether oxygens (including phenoxy) is 1. The van der Waals surface area contributed by atoms with Gasteiger partial charge in [-0.05, 0) is 49.8 Å². The molecule has 11 nitrogen and oxygen atoms in total. The van der Waals surface area contributed by atoms with Gasteiger partial charge in [-0.3, -0.25) is 4.79 Å². The maximum absolute atomic E-state index is 15.5. The topological polar surface area (TPSA) is 114 Å². The second kappa shape index (κ2) is 10.6. The molecule has 1 saturated heterocycles. The van der Waals surface area contributed by atoms with E-state index in [1.54, 1.807) is 46.8 Å². The van der Waals surface area contributed by atoms with Crippen molar-refractivity contribution in [1.82, 2.24) is 34.4 Å². The number of benzene rings is 1. The summed E-state index contributed by atoms with van der Waals surface area (Å²) < 4.78 is 23.1. The molecule has 1 aliphatic rings. The third kappa shape index (κ3) is 4.86. The van der Waals surface area contributed by atoms with Gasteiger partial charge in [0.15, 0.2) is 17.3 Å². The van der Waals surface area contributed by atoms with Crippen molar-refractivity contribution in [3.05, 3.63) is 79.3 Å². The molecule has 0 atom stereocenters. The van der Waals surface area contributed by atoms with Gasteiger partial charge in [-0.15, -0.1) is 0 Å². The van der Waals surface area contributed by atoms with Gasteiger partial charge in [0, 0.05) is 44.0 Å². The highest BCUT2D eigenvalue weighted by atomic mass is 19.1. The number of rotatable bonds is 6. The monoisotopic (exact) mass is 539 g/mol. The molecule has 1 aromatic carbocycles. The number of anilines is 3. The summed E-state index contributed by atoms with van der Waals surface area (Å²) in [6.45, 7) is 7.86. The second-order valence-corrected chi connectivity index (χ2v) is 9.33. The Hall–Kier alpha value is -5.13. The van der Waals surface area contributed by atoms with Gasteiger partial charge in [0.1, 0.15) is 35.5 Å². The van der Waals surface area contributed by atoms with Crippen LogP contribution in [0.25, 0.3) is 16.7 Å². The van der Waals surface area contributed by atoms with Crippen LogP contribution in [0.4, 0.5) is 21.7 Å². The number of fused-ring (bicyclic) bond motifs is 2. The van der Waals surface area contributed by atoms with Crippen molar-refractivity contribution in [2.24, 2.45) is 0 Å². The van der Waals surface area contributed by atoms with Crippen LogP contribution in [-0.2, 0) is 4.79 Å². The minimum absolute atomic E-state index is 0.0710. The zero-order chi connectivity index (χ0) is 27.6. The number of hydrogen-bond donors (Lipinski definition) is 1. The molecule has 1 N–H and O–H groups in total. The largest absolute Gasteiger partial charge is 0.457 e. The Morgan fingerprint density at radius 3 is 2.85 bits per heavy atom. The van der Waals surface area contributed by atoms with Crippen molar-refractivity contribution in [2.45, 2.75) is 13.3 Å². The van der Waals surface area contributed by atoms with E-state index >= 15 is 4.39 Å². The van der Waals surface area contributed by atoms with Gasteiger partial charge in [0.2, 0.25) is 5.91 Å². The summed E-state index contributed by atoms with van der Waals surface area (Å²) in [6.07, 6.45) is 6.74. The van der Waals surface area contributed by atoms with Crippen molar-refractivity contribution in [1.29, 1.82) is 0 Å². The molecule has 0 saturated carbocycles. The third-order valence-electron chi connectivity index (χ3n) is 6.84. The van der Waals surface area contributed by atoms with Crippen LogP contribution in [0.2, 0.25) is 0 Å². The molecule has 40 heavy (non-hydrogen) atoms. The first kappa shape index (κ1) is 25.2. The average molecular weight is 540 g/mol. The smallest absolute Gasteiger partial charge is 0.246 e. The van der Waals surface area contributed by atoms with Gasteiger partial charge < -0.3 is 19.9 Å². The van der Waals surface area contributed by atoms with Crippen LogP contribution in [0.3, 0.4) is 0 Å². The summed E-state index contributed by atoms with van der Waals surface area (Å²) in [5.41, 5.74) is 2.33.